The normalized spacial score (nSPS) is 15.9. The largest absolute Gasteiger partial charge is 0.371 e. The van der Waals surface area contributed by atoms with Crippen LogP contribution in [0.25, 0.3) is 11.2 Å². The van der Waals surface area contributed by atoms with E-state index in [1.165, 1.54) is 5.69 Å². The molecule has 0 bridgehead atoms. The van der Waals surface area contributed by atoms with Crippen LogP contribution < -0.4 is 4.90 Å². The number of hydrogen-bond acceptors (Lipinski definition) is 4. The summed E-state index contributed by atoms with van der Waals surface area (Å²) in [5, 5.41) is 9.31. The van der Waals surface area contributed by atoms with E-state index in [2.05, 4.69) is 62.8 Å². The second-order valence-electron chi connectivity index (χ2n) is 7.88. The zero-order valence-corrected chi connectivity index (χ0v) is 16.2. The number of hydrogen-bond donors (Lipinski definition) is 0. The summed E-state index contributed by atoms with van der Waals surface area (Å²) < 4.78 is 2.36. The molecule has 1 aliphatic heterocycles. The standard InChI is InChI=1S/C22H25N5/c1-16-25-21-20(5-4-12-24-21)27(16)19-10-13-26(14-11-19)18-8-6-17(7-9-18)22(2,3)15-23/h4-9,12,19H,10-11,13-14H2,1-3H3. The maximum atomic E-state index is 9.31. The number of nitrogens with zero attached hydrogens (tertiary/aromatic N) is 5. The van der Waals surface area contributed by atoms with Gasteiger partial charge in [-0.15, -0.1) is 0 Å². The summed E-state index contributed by atoms with van der Waals surface area (Å²) in [6, 6.07) is 15.4. The van der Waals surface area contributed by atoms with Gasteiger partial charge < -0.3 is 9.47 Å². The summed E-state index contributed by atoms with van der Waals surface area (Å²) in [6.07, 6.45) is 3.98. The maximum absolute atomic E-state index is 9.31. The Morgan fingerprint density at radius 1 is 1.11 bits per heavy atom. The Kier molecular flexibility index (Phi) is 4.35. The Morgan fingerprint density at radius 2 is 1.81 bits per heavy atom. The van der Waals surface area contributed by atoms with Gasteiger partial charge in [0.25, 0.3) is 0 Å². The van der Waals surface area contributed by atoms with E-state index in [0.29, 0.717) is 6.04 Å². The van der Waals surface area contributed by atoms with Crippen molar-refractivity contribution in [3.05, 3.63) is 54.0 Å². The van der Waals surface area contributed by atoms with E-state index in [1.807, 2.05) is 19.9 Å². The smallest absolute Gasteiger partial charge is 0.177 e. The van der Waals surface area contributed by atoms with Crippen LogP contribution in [0.3, 0.4) is 0 Å². The predicted molar refractivity (Wildman–Crippen MR) is 108 cm³/mol. The SMILES string of the molecule is Cc1nc2ncccc2n1C1CCN(c2ccc(C(C)(C)C#N)cc2)CC1. The summed E-state index contributed by atoms with van der Waals surface area (Å²) in [4.78, 5) is 11.4. The van der Waals surface area contributed by atoms with Crippen molar-refractivity contribution in [2.45, 2.75) is 45.1 Å². The van der Waals surface area contributed by atoms with Crippen molar-refractivity contribution >= 4 is 16.9 Å². The van der Waals surface area contributed by atoms with Gasteiger partial charge in [0, 0.05) is 31.0 Å². The summed E-state index contributed by atoms with van der Waals surface area (Å²) in [6.45, 7) is 8.03. The van der Waals surface area contributed by atoms with E-state index in [-0.39, 0.29) is 0 Å². The lowest BCUT2D eigenvalue weighted by Gasteiger charge is -2.35. The number of benzene rings is 1. The first-order valence-corrected chi connectivity index (χ1v) is 9.56. The predicted octanol–water partition coefficient (Wildman–Crippen LogP) is 4.38. The van der Waals surface area contributed by atoms with Crippen molar-refractivity contribution in [3.63, 3.8) is 0 Å². The molecule has 0 aliphatic carbocycles. The molecule has 1 aliphatic rings. The van der Waals surface area contributed by atoms with Gasteiger partial charge in [0.05, 0.1) is 17.0 Å². The maximum Gasteiger partial charge on any atom is 0.177 e. The molecule has 0 amide bonds. The van der Waals surface area contributed by atoms with E-state index >= 15 is 0 Å². The number of piperidine rings is 1. The van der Waals surface area contributed by atoms with Crippen LogP contribution in [0, 0.1) is 18.3 Å². The summed E-state index contributed by atoms with van der Waals surface area (Å²) in [5.74, 6) is 1.05. The van der Waals surface area contributed by atoms with Gasteiger partial charge in [0.15, 0.2) is 5.65 Å². The van der Waals surface area contributed by atoms with Gasteiger partial charge in [-0.1, -0.05) is 12.1 Å². The average molecular weight is 359 g/mol. The Bertz CT molecular complexity index is 986. The third-order valence-corrected chi connectivity index (χ3v) is 5.71. The lowest BCUT2D eigenvalue weighted by Crippen LogP contribution is -2.34. The molecule has 27 heavy (non-hydrogen) atoms. The molecule has 138 valence electrons. The zero-order chi connectivity index (χ0) is 19.0. The quantitative estimate of drug-likeness (QED) is 0.696. The van der Waals surface area contributed by atoms with Crippen LogP contribution >= 0.6 is 0 Å². The van der Waals surface area contributed by atoms with Crippen molar-refractivity contribution in [3.8, 4) is 6.07 Å². The molecule has 0 atom stereocenters. The molecule has 1 saturated heterocycles. The minimum absolute atomic E-state index is 0.445. The molecule has 1 fully saturated rings. The monoisotopic (exact) mass is 359 g/mol. The molecular formula is C22H25N5. The number of imidazole rings is 1. The molecule has 2 aromatic heterocycles. The van der Waals surface area contributed by atoms with Crippen molar-refractivity contribution in [2.75, 3.05) is 18.0 Å². The van der Waals surface area contributed by atoms with Gasteiger partial charge in [-0.3, -0.25) is 0 Å². The average Bonchev–Trinajstić information content (AvgIpc) is 3.04. The number of rotatable bonds is 3. The fraction of sp³-hybridized carbons (Fsp3) is 0.409. The zero-order valence-electron chi connectivity index (χ0n) is 16.2. The second kappa shape index (κ2) is 6.70. The second-order valence-corrected chi connectivity index (χ2v) is 7.88. The van der Waals surface area contributed by atoms with E-state index in [0.717, 1.165) is 48.5 Å². The number of anilines is 1. The molecule has 3 aromatic rings. The number of aromatic nitrogens is 3. The molecule has 0 radical (unpaired) electrons. The Morgan fingerprint density at radius 3 is 2.48 bits per heavy atom. The van der Waals surface area contributed by atoms with Gasteiger partial charge in [-0.25, -0.2) is 9.97 Å². The summed E-state index contributed by atoms with van der Waals surface area (Å²) in [7, 11) is 0. The molecule has 1 aromatic carbocycles. The highest BCUT2D eigenvalue weighted by Crippen LogP contribution is 2.31. The number of pyridine rings is 1. The van der Waals surface area contributed by atoms with Crippen molar-refractivity contribution in [1.82, 2.24) is 14.5 Å². The highest BCUT2D eigenvalue weighted by atomic mass is 15.2. The van der Waals surface area contributed by atoms with Crippen LogP contribution in [-0.4, -0.2) is 27.6 Å². The molecule has 5 heteroatoms. The van der Waals surface area contributed by atoms with Crippen molar-refractivity contribution in [2.24, 2.45) is 0 Å². The minimum atomic E-state index is -0.445. The topological polar surface area (TPSA) is 57.7 Å². The number of aryl methyl sites for hydroxylation is 1. The van der Waals surface area contributed by atoms with E-state index in [4.69, 9.17) is 0 Å². The first kappa shape index (κ1) is 17.5. The third-order valence-electron chi connectivity index (χ3n) is 5.71. The Labute approximate surface area is 160 Å². The van der Waals surface area contributed by atoms with Gasteiger partial charge in [0.2, 0.25) is 0 Å². The van der Waals surface area contributed by atoms with E-state index < -0.39 is 5.41 Å². The van der Waals surface area contributed by atoms with Crippen LogP contribution in [0.15, 0.2) is 42.6 Å². The lowest BCUT2D eigenvalue weighted by molar-refractivity contribution is 0.398. The van der Waals surface area contributed by atoms with Crippen LogP contribution in [-0.2, 0) is 5.41 Å². The fourth-order valence-corrected chi connectivity index (χ4v) is 4.04. The Hall–Kier alpha value is -2.87. The van der Waals surface area contributed by atoms with Crippen molar-refractivity contribution < 1.29 is 0 Å². The lowest BCUT2D eigenvalue weighted by atomic mass is 9.86. The van der Waals surface area contributed by atoms with Crippen LogP contribution in [0.1, 0.15) is 44.1 Å². The van der Waals surface area contributed by atoms with E-state index in [1.54, 1.807) is 6.20 Å². The first-order chi connectivity index (χ1) is 13.0. The Balaban J connectivity index is 1.49. The fourth-order valence-electron chi connectivity index (χ4n) is 4.04. The molecule has 0 spiro atoms. The molecular weight excluding hydrogens is 334 g/mol. The molecule has 5 nitrogen and oxygen atoms in total. The molecule has 4 rings (SSSR count). The van der Waals surface area contributed by atoms with Crippen LogP contribution in [0.5, 0.6) is 0 Å². The van der Waals surface area contributed by atoms with Crippen LogP contribution in [0.2, 0.25) is 0 Å². The van der Waals surface area contributed by atoms with Gasteiger partial charge in [-0.05, 0) is 63.4 Å². The van der Waals surface area contributed by atoms with Gasteiger partial charge in [-0.2, -0.15) is 5.26 Å². The molecule has 0 saturated carbocycles. The number of nitriles is 1. The van der Waals surface area contributed by atoms with Crippen LogP contribution in [0.4, 0.5) is 5.69 Å². The summed E-state index contributed by atoms with van der Waals surface area (Å²) >= 11 is 0. The third kappa shape index (κ3) is 3.16. The molecule has 3 heterocycles. The minimum Gasteiger partial charge on any atom is -0.371 e. The van der Waals surface area contributed by atoms with Gasteiger partial charge >= 0.3 is 0 Å². The first-order valence-electron chi connectivity index (χ1n) is 9.56. The van der Waals surface area contributed by atoms with E-state index in [9.17, 15) is 5.26 Å². The highest BCUT2D eigenvalue weighted by molar-refractivity contribution is 5.71. The molecule has 0 N–H and O–H groups in total. The number of fused-ring (bicyclic) bond motifs is 1. The summed E-state index contributed by atoms with van der Waals surface area (Å²) in [5.41, 5.74) is 3.83. The van der Waals surface area contributed by atoms with Crippen molar-refractivity contribution in [1.29, 1.82) is 5.26 Å². The molecule has 0 unspecified atom stereocenters. The van der Waals surface area contributed by atoms with Gasteiger partial charge in [0.1, 0.15) is 5.82 Å². The highest BCUT2D eigenvalue weighted by Gasteiger charge is 2.24.